The molecule has 2 fully saturated rings. The lowest BCUT2D eigenvalue weighted by Crippen LogP contribution is -2.46. The number of aromatic nitrogens is 2. The quantitative estimate of drug-likeness (QED) is 0.908. The van der Waals surface area contributed by atoms with Crippen molar-refractivity contribution in [3.8, 4) is 0 Å². The topological polar surface area (TPSA) is 50.2 Å². The maximum absolute atomic E-state index is 13.6. The smallest absolute Gasteiger partial charge is 0.228 e. The van der Waals surface area contributed by atoms with Crippen molar-refractivity contribution in [3.63, 3.8) is 0 Å². The van der Waals surface area contributed by atoms with Gasteiger partial charge >= 0.3 is 0 Å². The van der Waals surface area contributed by atoms with Gasteiger partial charge in [-0.25, -0.2) is 0 Å². The van der Waals surface area contributed by atoms with E-state index in [1.807, 2.05) is 24.1 Å². The Kier molecular flexibility index (Phi) is 5.04. The lowest BCUT2D eigenvalue weighted by atomic mass is 9.83. The van der Waals surface area contributed by atoms with Gasteiger partial charge in [-0.05, 0) is 36.8 Å². The average Bonchev–Trinajstić information content (AvgIpc) is 3.30. The van der Waals surface area contributed by atoms with Crippen molar-refractivity contribution < 1.29 is 4.79 Å². The van der Waals surface area contributed by atoms with Crippen LogP contribution in [0.2, 0.25) is 0 Å². The van der Waals surface area contributed by atoms with E-state index >= 15 is 0 Å². The van der Waals surface area contributed by atoms with Crippen LogP contribution < -0.4 is 5.32 Å². The number of amides is 1. The predicted molar refractivity (Wildman–Crippen MR) is 106 cm³/mol. The van der Waals surface area contributed by atoms with Crippen molar-refractivity contribution >= 4 is 5.91 Å². The van der Waals surface area contributed by atoms with Gasteiger partial charge in [-0.3, -0.25) is 9.48 Å². The van der Waals surface area contributed by atoms with E-state index < -0.39 is 0 Å². The molecular formula is C22H30N4O. The highest BCUT2D eigenvalue weighted by Gasteiger charge is 2.41. The van der Waals surface area contributed by atoms with Crippen LogP contribution in [0, 0.1) is 18.8 Å². The zero-order valence-corrected chi connectivity index (χ0v) is 16.6. The predicted octanol–water partition coefficient (Wildman–Crippen LogP) is 3.03. The fraction of sp³-hybridized carbons (Fsp3) is 0.545. The molecule has 5 nitrogen and oxygen atoms in total. The van der Waals surface area contributed by atoms with Crippen LogP contribution in [0.25, 0.3) is 0 Å². The van der Waals surface area contributed by atoms with E-state index in [2.05, 4.69) is 53.4 Å². The number of nitrogens with one attached hydrogen (secondary N) is 1. The minimum absolute atomic E-state index is 0.00699. The minimum atomic E-state index is -0.00699. The molecule has 144 valence electrons. The lowest BCUT2D eigenvalue weighted by Gasteiger charge is -2.42. The molecule has 2 unspecified atom stereocenters. The maximum Gasteiger partial charge on any atom is 0.228 e. The molecule has 1 aromatic carbocycles. The van der Waals surface area contributed by atoms with Gasteiger partial charge in [0.25, 0.3) is 0 Å². The Morgan fingerprint density at radius 1 is 1.19 bits per heavy atom. The number of rotatable bonds is 3. The van der Waals surface area contributed by atoms with E-state index in [9.17, 15) is 4.79 Å². The SMILES string of the molecule is Cc1ccc(C2C(C)CCCN2C(=O)[C@H]2CNC[C@@H]2c2cnn(C)c2)cc1. The highest BCUT2D eigenvalue weighted by molar-refractivity contribution is 5.81. The molecular weight excluding hydrogens is 336 g/mol. The zero-order valence-electron chi connectivity index (χ0n) is 16.6. The number of piperidine rings is 1. The first kappa shape index (κ1) is 18.2. The summed E-state index contributed by atoms with van der Waals surface area (Å²) in [5.41, 5.74) is 3.69. The van der Waals surface area contributed by atoms with Crippen LogP contribution >= 0.6 is 0 Å². The molecule has 27 heavy (non-hydrogen) atoms. The summed E-state index contributed by atoms with van der Waals surface area (Å²) in [6.07, 6.45) is 6.23. The molecule has 5 heteroatoms. The van der Waals surface area contributed by atoms with Crippen LogP contribution in [0.3, 0.4) is 0 Å². The molecule has 0 aliphatic carbocycles. The summed E-state index contributed by atoms with van der Waals surface area (Å²) >= 11 is 0. The van der Waals surface area contributed by atoms with Crippen LogP contribution in [0.1, 0.15) is 48.4 Å². The van der Waals surface area contributed by atoms with Crippen molar-refractivity contribution in [1.29, 1.82) is 0 Å². The van der Waals surface area contributed by atoms with Gasteiger partial charge in [0.2, 0.25) is 5.91 Å². The summed E-state index contributed by atoms with van der Waals surface area (Å²) in [6, 6.07) is 8.91. The Morgan fingerprint density at radius 2 is 1.96 bits per heavy atom. The average molecular weight is 367 g/mol. The standard InChI is InChI=1S/C22H30N4O/c1-15-6-8-17(9-7-15)21-16(2)5-4-10-26(21)22(27)20-13-23-12-19(20)18-11-24-25(3)14-18/h6-9,11,14,16,19-21,23H,4-5,10,12-13H2,1-3H3/t16?,19-,20+,21?/m1/s1. The molecule has 2 aliphatic rings. The van der Waals surface area contributed by atoms with E-state index in [-0.39, 0.29) is 17.9 Å². The highest BCUT2D eigenvalue weighted by atomic mass is 16.2. The molecule has 1 amide bonds. The number of carbonyl (C=O) groups excluding carboxylic acids is 1. The third-order valence-electron chi connectivity index (χ3n) is 6.32. The van der Waals surface area contributed by atoms with Crippen molar-refractivity contribution in [1.82, 2.24) is 20.0 Å². The first-order chi connectivity index (χ1) is 13.0. The van der Waals surface area contributed by atoms with E-state index in [1.165, 1.54) is 17.5 Å². The third kappa shape index (κ3) is 3.53. The van der Waals surface area contributed by atoms with Gasteiger partial charge in [0.15, 0.2) is 0 Å². The van der Waals surface area contributed by atoms with Crippen molar-refractivity contribution in [3.05, 3.63) is 53.3 Å². The van der Waals surface area contributed by atoms with E-state index in [0.717, 1.165) is 31.6 Å². The summed E-state index contributed by atoms with van der Waals surface area (Å²) in [5, 5.41) is 7.75. The lowest BCUT2D eigenvalue weighted by molar-refractivity contribution is -0.140. The molecule has 1 N–H and O–H groups in total. The Morgan fingerprint density at radius 3 is 2.67 bits per heavy atom. The van der Waals surface area contributed by atoms with E-state index in [4.69, 9.17) is 0 Å². The number of hydrogen-bond acceptors (Lipinski definition) is 3. The second-order valence-electron chi connectivity index (χ2n) is 8.33. The number of aryl methyl sites for hydroxylation is 2. The third-order valence-corrected chi connectivity index (χ3v) is 6.32. The first-order valence-electron chi connectivity index (χ1n) is 10.1. The Hall–Kier alpha value is -2.14. The maximum atomic E-state index is 13.6. The molecule has 2 aromatic rings. The Balaban J connectivity index is 1.61. The van der Waals surface area contributed by atoms with Crippen LogP contribution in [0.15, 0.2) is 36.7 Å². The van der Waals surface area contributed by atoms with Gasteiger partial charge in [-0.15, -0.1) is 0 Å². The second kappa shape index (κ2) is 7.47. The molecule has 2 saturated heterocycles. The van der Waals surface area contributed by atoms with E-state index in [1.54, 1.807) is 0 Å². The Labute approximate surface area is 161 Å². The highest BCUT2D eigenvalue weighted by Crippen LogP contribution is 2.39. The van der Waals surface area contributed by atoms with Crippen molar-refractivity contribution in [2.24, 2.45) is 18.9 Å². The van der Waals surface area contributed by atoms with Gasteiger partial charge in [-0.2, -0.15) is 5.10 Å². The Bertz CT molecular complexity index is 797. The molecule has 0 radical (unpaired) electrons. The molecule has 0 bridgehead atoms. The number of hydrogen-bond donors (Lipinski definition) is 1. The molecule has 1 aromatic heterocycles. The molecule has 4 atom stereocenters. The van der Waals surface area contributed by atoms with Crippen LogP contribution in [0.5, 0.6) is 0 Å². The van der Waals surface area contributed by atoms with Crippen molar-refractivity contribution in [2.75, 3.05) is 19.6 Å². The first-order valence-corrected chi connectivity index (χ1v) is 10.1. The van der Waals surface area contributed by atoms with Crippen LogP contribution in [-0.2, 0) is 11.8 Å². The summed E-state index contributed by atoms with van der Waals surface area (Å²) in [6.45, 7) is 6.86. The zero-order chi connectivity index (χ0) is 19.0. The number of likely N-dealkylation sites (tertiary alicyclic amines) is 1. The molecule has 2 aliphatic heterocycles. The normalized spacial score (nSPS) is 28.5. The number of carbonyl (C=O) groups is 1. The molecule has 0 saturated carbocycles. The van der Waals surface area contributed by atoms with Crippen molar-refractivity contribution in [2.45, 2.75) is 38.6 Å². The van der Waals surface area contributed by atoms with Gasteiger partial charge < -0.3 is 10.2 Å². The number of benzene rings is 1. The largest absolute Gasteiger partial charge is 0.335 e. The summed E-state index contributed by atoms with van der Waals surface area (Å²) in [5.74, 6) is 0.983. The van der Waals surface area contributed by atoms with Gasteiger partial charge in [-0.1, -0.05) is 36.8 Å². The van der Waals surface area contributed by atoms with E-state index in [0.29, 0.717) is 11.8 Å². The number of nitrogens with zero attached hydrogens (tertiary/aromatic N) is 3. The van der Waals surface area contributed by atoms with Gasteiger partial charge in [0.1, 0.15) is 0 Å². The summed E-state index contributed by atoms with van der Waals surface area (Å²) in [7, 11) is 1.93. The fourth-order valence-corrected chi connectivity index (χ4v) is 4.84. The van der Waals surface area contributed by atoms with Crippen LogP contribution in [-0.4, -0.2) is 40.2 Å². The molecule has 3 heterocycles. The second-order valence-corrected chi connectivity index (χ2v) is 8.33. The van der Waals surface area contributed by atoms with Gasteiger partial charge in [0, 0.05) is 38.8 Å². The minimum Gasteiger partial charge on any atom is -0.335 e. The summed E-state index contributed by atoms with van der Waals surface area (Å²) < 4.78 is 1.83. The fourth-order valence-electron chi connectivity index (χ4n) is 4.84. The molecule has 4 rings (SSSR count). The van der Waals surface area contributed by atoms with Crippen LogP contribution in [0.4, 0.5) is 0 Å². The van der Waals surface area contributed by atoms with Gasteiger partial charge in [0.05, 0.1) is 18.2 Å². The summed E-state index contributed by atoms with van der Waals surface area (Å²) in [4.78, 5) is 15.8. The monoisotopic (exact) mass is 366 g/mol. The molecule has 0 spiro atoms.